The number of hydroxylamine groups is 1. The van der Waals surface area contributed by atoms with Crippen molar-refractivity contribution >= 4 is 21.8 Å². The normalized spacial score (nSPS) is 23.3. The van der Waals surface area contributed by atoms with E-state index in [1.54, 1.807) is 12.1 Å². The maximum Gasteiger partial charge on any atom is 0.407 e. The number of hydrogen-bond donors (Lipinski definition) is 3. The number of nitrogens with one attached hydrogen (secondary N) is 2. The van der Waals surface area contributed by atoms with Crippen molar-refractivity contribution in [2.24, 2.45) is 5.92 Å². The lowest BCUT2D eigenvalue weighted by Gasteiger charge is -2.31. The molecule has 248 valence electrons. The number of carbonyl (C=O) groups is 1. The van der Waals surface area contributed by atoms with Gasteiger partial charge < -0.3 is 34.9 Å². The number of likely N-dealkylation sites (N-methyl/N-ethyl adjacent to an activating group) is 1. The second-order valence-electron chi connectivity index (χ2n) is 12.2. The number of aliphatic hydroxyl groups excluding tert-OH is 1. The van der Waals surface area contributed by atoms with Crippen LogP contribution in [0.3, 0.4) is 0 Å². The maximum atomic E-state index is 14.0. The van der Waals surface area contributed by atoms with E-state index in [1.165, 1.54) is 6.07 Å². The Bertz CT molecular complexity index is 1340. The molecule has 2 saturated heterocycles. The predicted octanol–water partition coefficient (Wildman–Crippen LogP) is 2.98. The fourth-order valence-electron chi connectivity index (χ4n) is 5.97. The minimum Gasteiger partial charge on any atom is -0.443 e. The molecule has 1 saturated carbocycles. The summed E-state index contributed by atoms with van der Waals surface area (Å²) in [5.74, 6) is -0.0400. The molecule has 12 nitrogen and oxygen atoms in total. The van der Waals surface area contributed by atoms with Gasteiger partial charge in [0, 0.05) is 18.8 Å². The number of alkyl carbamates (subject to hydrolysis) is 1. The Morgan fingerprint density at radius 2 is 1.84 bits per heavy atom. The second kappa shape index (κ2) is 15.7. The van der Waals surface area contributed by atoms with Gasteiger partial charge in [0.05, 0.1) is 48.8 Å². The lowest BCUT2D eigenvalue weighted by atomic mass is 10.0. The van der Waals surface area contributed by atoms with Crippen LogP contribution in [0.5, 0.6) is 0 Å². The number of nitrogens with zero attached hydrogens (tertiary/aromatic N) is 2. The summed E-state index contributed by atoms with van der Waals surface area (Å²) >= 11 is 0. The number of benzene rings is 2. The first-order chi connectivity index (χ1) is 21.7. The lowest BCUT2D eigenvalue weighted by Crippen LogP contribution is -2.51. The standard InChI is InChI=1S/C32H46N4O8S/c1-35(2)17-16-33-24-11-8-14-26(20-24)45(39,40)36(44-25-12-6-7-13-25)21-29(37)28(19-23-9-4-3-5-10-23)34-32(38)43-30-22-42-31-27(30)15-18-41-31/h3-5,8-11,14,20,25,27-31,33,37H,6-7,12-13,15-19,21-22H2,1-2H3,(H,34,38)/t27-,28+,29+,30-,31+/m0/s1. The van der Waals surface area contributed by atoms with Crippen molar-refractivity contribution in [1.82, 2.24) is 14.7 Å². The number of ether oxygens (including phenoxy) is 3. The maximum absolute atomic E-state index is 14.0. The molecule has 1 aliphatic carbocycles. The fourth-order valence-corrected chi connectivity index (χ4v) is 7.31. The molecule has 0 bridgehead atoms. The highest BCUT2D eigenvalue weighted by atomic mass is 32.2. The minimum atomic E-state index is -4.18. The molecule has 5 rings (SSSR count). The topological polar surface area (TPSA) is 139 Å². The van der Waals surface area contributed by atoms with Crippen LogP contribution in [0.1, 0.15) is 37.7 Å². The summed E-state index contributed by atoms with van der Waals surface area (Å²) in [6, 6.07) is 15.1. The van der Waals surface area contributed by atoms with Crippen molar-refractivity contribution in [3.63, 3.8) is 0 Å². The van der Waals surface area contributed by atoms with Crippen LogP contribution in [0.25, 0.3) is 0 Å². The molecule has 3 aliphatic rings. The third-order valence-electron chi connectivity index (χ3n) is 8.50. The van der Waals surface area contributed by atoms with E-state index in [0.29, 0.717) is 18.8 Å². The molecule has 2 aromatic rings. The molecule has 45 heavy (non-hydrogen) atoms. The Hall–Kier alpha value is -2.78. The number of carbonyl (C=O) groups excluding carboxylic acids is 1. The molecule has 3 fully saturated rings. The lowest BCUT2D eigenvalue weighted by molar-refractivity contribution is -0.145. The average molecular weight is 647 g/mol. The number of rotatable bonds is 15. The zero-order valence-electron chi connectivity index (χ0n) is 26.0. The molecule has 1 amide bonds. The highest BCUT2D eigenvalue weighted by molar-refractivity contribution is 7.89. The molecule has 5 atom stereocenters. The number of hydrogen-bond acceptors (Lipinski definition) is 10. The largest absolute Gasteiger partial charge is 0.443 e. The smallest absolute Gasteiger partial charge is 0.407 e. The third kappa shape index (κ3) is 9.16. The van der Waals surface area contributed by atoms with Crippen LogP contribution < -0.4 is 10.6 Å². The van der Waals surface area contributed by atoms with Crippen molar-refractivity contribution < 1.29 is 37.4 Å². The van der Waals surface area contributed by atoms with Gasteiger partial charge in [-0.3, -0.25) is 4.84 Å². The Morgan fingerprint density at radius 1 is 1.07 bits per heavy atom. The number of fused-ring (bicyclic) bond motifs is 1. The van der Waals surface area contributed by atoms with E-state index in [1.807, 2.05) is 55.4 Å². The molecule has 0 unspecified atom stereocenters. The Labute approximate surface area is 266 Å². The van der Waals surface area contributed by atoms with Crippen LogP contribution in [-0.4, -0.2) is 107 Å². The van der Waals surface area contributed by atoms with Gasteiger partial charge in [-0.05, 0) is 63.5 Å². The van der Waals surface area contributed by atoms with Crippen LogP contribution in [0.15, 0.2) is 59.5 Å². The SMILES string of the molecule is CN(C)CCNc1cccc(S(=O)(=O)N(C[C@@H](O)[C@@H](Cc2ccccc2)NC(=O)O[C@H]2CO[C@H]3OCC[C@H]32)OC2CCCC2)c1. The summed E-state index contributed by atoms with van der Waals surface area (Å²) in [7, 11) is -0.251. The van der Waals surface area contributed by atoms with Crippen LogP contribution in [0, 0.1) is 5.92 Å². The molecule has 0 radical (unpaired) electrons. The highest BCUT2D eigenvalue weighted by Gasteiger charge is 2.44. The molecule has 3 N–H and O–H groups in total. The first-order valence-corrected chi connectivity index (χ1v) is 17.2. The summed E-state index contributed by atoms with van der Waals surface area (Å²) in [6.07, 6.45) is 1.15. The molecular weight excluding hydrogens is 600 g/mol. The molecule has 0 aromatic heterocycles. The van der Waals surface area contributed by atoms with Crippen molar-refractivity contribution in [2.75, 3.05) is 52.3 Å². The van der Waals surface area contributed by atoms with Crippen LogP contribution in [0.4, 0.5) is 10.5 Å². The molecule has 0 spiro atoms. The van der Waals surface area contributed by atoms with Gasteiger partial charge in [-0.15, -0.1) is 0 Å². The third-order valence-corrected chi connectivity index (χ3v) is 10.1. The van der Waals surface area contributed by atoms with Crippen molar-refractivity contribution in [2.45, 2.75) is 74.1 Å². The quantitative estimate of drug-likeness (QED) is 0.248. The van der Waals surface area contributed by atoms with Crippen molar-refractivity contribution in [1.29, 1.82) is 0 Å². The van der Waals surface area contributed by atoms with E-state index >= 15 is 0 Å². The minimum absolute atomic E-state index is 0.0400. The van der Waals surface area contributed by atoms with E-state index in [4.69, 9.17) is 19.0 Å². The van der Waals surface area contributed by atoms with Gasteiger partial charge in [0.15, 0.2) is 6.29 Å². The Morgan fingerprint density at radius 3 is 2.60 bits per heavy atom. The zero-order valence-corrected chi connectivity index (χ0v) is 26.9. The molecule has 13 heteroatoms. The van der Waals surface area contributed by atoms with Crippen LogP contribution >= 0.6 is 0 Å². The summed E-state index contributed by atoms with van der Waals surface area (Å²) in [6.45, 7) is 1.81. The van der Waals surface area contributed by atoms with Gasteiger partial charge in [-0.1, -0.05) is 53.7 Å². The van der Waals surface area contributed by atoms with Crippen LogP contribution in [-0.2, 0) is 35.5 Å². The molecular formula is C32H46N4O8S. The summed E-state index contributed by atoms with van der Waals surface area (Å²) in [4.78, 5) is 21.3. The molecule has 2 aliphatic heterocycles. The van der Waals surface area contributed by atoms with Gasteiger partial charge in [-0.2, -0.15) is 0 Å². The summed E-state index contributed by atoms with van der Waals surface area (Å²) < 4.78 is 45.8. The number of sulfonamides is 1. The van der Waals surface area contributed by atoms with E-state index in [-0.39, 0.29) is 42.8 Å². The second-order valence-corrected chi connectivity index (χ2v) is 14.1. The summed E-state index contributed by atoms with van der Waals surface area (Å²) in [5, 5.41) is 17.7. The fraction of sp³-hybridized carbons (Fsp3) is 0.594. The zero-order chi connectivity index (χ0) is 31.8. The van der Waals surface area contributed by atoms with E-state index in [0.717, 1.165) is 48.7 Å². The van der Waals surface area contributed by atoms with Gasteiger partial charge >= 0.3 is 6.09 Å². The molecule has 2 aromatic carbocycles. The van der Waals surface area contributed by atoms with Gasteiger partial charge in [0.25, 0.3) is 10.0 Å². The van der Waals surface area contributed by atoms with Gasteiger partial charge in [0.1, 0.15) is 6.10 Å². The summed E-state index contributed by atoms with van der Waals surface area (Å²) in [5.41, 5.74) is 1.52. The molecule has 2 heterocycles. The van der Waals surface area contributed by atoms with Gasteiger partial charge in [0.2, 0.25) is 0 Å². The Kier molecular flexibility index (Phi) is 11.7. The number of aliphatic hydroxyl groups is 1. The highest BCUT2D eigenvalue weighted by Crippen LogP contribution is 2.33. The van der Waals surface area contributed by atoms with E-state index in [2.05, 4.69) is 10.6 Å². The van der Waals surface area contributed by atoms with Crippen LogP contribution in [0.2, 0.25) is 0 Å². The Balaban J connectivity index is 1.33. The van der Waals surface area contributed by atoms with E-state index < -0.39 is 34.4 Å². The predicted molar refractivity (Wildman–Crippen MR) is 168 cm³/mol. The number of amides is 1. The van der Waals surface area contributed by atoms with Crippen molar-refractivity contribution in [3.8, 4) is 0 Å². The first-order valence-electron chi connectivity index (χ1n) is 15.8. The van der Waals surface area contributed by atoms with Gasteiger partial charge in [-0.25, -0.2) is 13.2 Å². The average Bonchev–Trinajstić information content (AvgIpc) is 3.78. The van der Waals surface area contributed by atoms with E-state index in [9.17, 15) is 18.3 Å². The van der Waals surface area contributed by atoms with Crippen molar-refractivity contribution in [3.05, 3.63) is 60.2 Å². The monoisotopic (exact) mass is 646 g/mol. The first kappa shape index (κ1) is 33.6. The number of anilines is 1.